The monoisotopic (exact) mass is 555 g/mol. The van der Waals surface area contributed by atoms with E-state index in [2.05, 4.69) is 61.9 Å². The van der Waals surface area contributed by atoms with E-state index in [4.69, 9.17) is 17.0 Å². The lowest BCUT2D eigenvalue weighted by molar-refractivity contribution is 0.0934. The van der Waals surface area contributed by atoms with E-state index in [0.717, 1.165) is 16.5 Å². The number of carbonyl (C=O) groups is 2. The van der Waals surface area contributed by atoms with Gasteiger partial charge in [-0.25, -0.2) is 0 Å². The fraction of sp³-hybridized carbons (Fsp3) is 0.286. The van der Waals surface area contributed by atoms with Crippen LogP contribution in [0.3, 0.4) is 0 Å². The number of carbonyl (C=O) groups excluding carboxylic acids is 2. The standard InChI is InChI=1S/C21H23Br2N3O3S/c1-12(2)8-9-29-18-7-6-14(11-17(18)23)19(27)24-21(30)26-25-20(28)15-5-4-13(3)16(22)10-15/h4-7,10-12H,8-9H2,1-3H3,(H,25,28)(H2,24,26,27,30). The number of hydrazine groups is 1. The van der Waals surface area contributed by atoms with Crippen LogP contribution in [0, 0.1) is 12.8 Å². The van der Waals surface area contributed by atoms with E-state index in [9.17, 15) is 9.59 Å². The summed E-state index contributed by atoms with van der Waals surface area (Å²) < 4.78 is 7.22. The Bertz CT molecular complexity index is 951. The number of hydrogen-bond acceptors (Lipinski definition) is 4. The highest BCUT2D eigenvalue weighted by Gasteiger charge is 2.12. The zero-order valence-corrected chi connectivity index (χ0v) is 20.8. The molecule has 2 rings (SSSR count). The fourth-order valence-electron chi connectivity index (χ4n) is 2.29. The molecule has 0 saturated carbocycles. The maximum atomic E-state index is 12.4. The van der Waals surface area contributed by atoms with Crippen molar-refractivity contribution < 1.29 is 14.3 Å². The van der Waals surface area contributed by atoms with E-state index in [1.807, 2.05) is 13.0 Å². The number of aryl methyl sites for hydroxylation is 1. The predicted molar refractivity (Wildman–Crippen MR) is 129 cm³/mol. The Balaban J connectivity index is 1.87. The molecule has 2 aromatic rings. The van der Waals surface area contributed by atoms with Crippen LogP contribution in [0.4, 0.5) is 0 Å². The van der Waals surface area contributed by atoms with Gasteiger partial charge in [0, 0.05) is 15.6 Å². The van der Waals surface area contributed by atoms with Crippen LogP contribution in [0.25, 0.3) is 0 Å². The fourth-order valence-corrected chi connectivity index (χ4v) is 3.31. The van der Waals surface area contributed by atoms with Gasteiger partial charge in [-0.1, -0.05) is 35.8 Å². The second kappa shape index (κ2) is 11.4. The molecule has 0 aliphatic rings. The minimum atomic E-state index is -0.408. The zero-order valence-electron chi connectivity index (χ0n) is 16.8. The summed E-state index contributed by atoms with van der Waals surface area (Å²) in [5.74, 6) is 0.437. The zero-order chi connectivity index (χ0) is 22.3. The second-order valence-corrected chi connectivity index (χ2v) is 9.12. The van der Waals surface area contributed by atoms with Crippen molar-refractivity contribution in [2.75, 3.05) is 6.61 Å². The van der Waals surface area contributed by atoms with Gasteiger partial charge in [0.1, 0.15) is 5.75 Å². The van der Waals surface area contributed by atoms with Crippen LogP contribution in [-0.2, 0) is 0 Å². The first kappa shape index (κ1) is 24.3. The van der Waals surface area contributed by atoms with Gasteiger partial charge in [-0.05, 0) is 83.3 Å². The molecule has 30 heavy (non-hydrogen) atoms. The summed E-state index contributed by atoms with van der Waals surface area (Å²) in [5, 5.41) is 2.50. The van der Waals surface area contributed by atoms with Crippen LogP contribution in [-0.4, -0.2) is 23.5 Å². The Morgan fingerprint density at radius 2 is 1.63 bits per heavy atom. The minimum Gasteiger partial charge on any atom is -0.492 e. The maximum absolute atomic E-state index is 12.4. The third kappa shape index (κ3) is 7.37. The molecule has 0 atom stereocenters. The average molecular weight is 557 g/mol. The lowest BCUT2D eigenvalue weighted by Crippen LogP contribution is -2.48. The van der Waals surface area contributed by atoms with E-state index < -0.39 is 5.91 Å². The van der Waals surface area contributed by atoms with Crippen LogP contribution in [0.15, 0.2) is 45.3 Å². The Hall–Kier alpha value is -1.97. The first-order valence-electron chi connectivity index (χ1n) is 9.27. The summed E-state index contributed by atoms with van der Waals surface area (Å²) in [6.45, 7) is 6.79. The Morgan fingerprint density at radius 1 is 1.00 bits per heavy atom. The van der Waals surface area contributed by atoms with Crippen molar-refractivity contribution in [3.63, 3.8) is 0 Å². The highest BCUT2D eigenvalue weighted by Crippen LogP contribution is 2.26. The maximum Gasteiger partial charge on any atom is 0.269 e. The molecule has 2 aromatic carbocycles. The molecule has 9 heteroatoms. The molecule has 3 N–H and O–H groups in total. The van der Waals surface area contributed by atoms with E-state index >= 15 is 0 Å². The van der Waals surface area contributed by atoms with Crippen LogP contribution >= 0.6 is 44.1 Å². The number of halogens is 2. The van der Waals surface area contributed by atoms with Gasteiger partial charge >= 0.3 is 0 Å². The third-order valence-corrected chi connectivity index (χ3v) is 5.78. The molecule has 6 nitrogen and oxygen atoms in total. The molecule has 0 spiro atoms. The number of benzene rings is 2. The van der Waals surface area contributed by atoms with Crippen LogP contribution in [0.1, 0.15) is 46.5 Å². The SMILES string of the molecule is Cc1ccc(C(=O)NNC(=S)NC(=O)c2ccc(OCCC(C)C)c(Br)c2)cc1Br. The lowest BCUT2D eigenvalue weighted by Gasteiger charge is -2.13. The van der Waals surface area contributed by atoms with Crippen molar-refractivity contribution in [2.24, 2.45) is 5.92 Å². The van der Waals surface area contributed by atoms with Crippen molar-refractivity contribution in [1.29, 1.82) is 0 Å². The first-order chi connectivity index (χ1) is 14.2. The summed E-state index contributed by atoms with van der Waals surface area (Å²) in [5.41, 5.74) is 6.86. The minimum absolute atomic E-state index is 0.0205. The number of hydrogen-bond donors (Lipinski definition) is 3. The smallest absolute Gasteiger partial charge is 0.269 e. The van der Waals surface area contributed by atoms with Gasteiger partial charge in [0.2, 0.25) is 0 Å². The number of nitrogens with one attached hydrogen (secondary N) is 3. The van der Waals surface area contributed by atoms with Crippen LogP contribution in [0.2, 0.25) is 0 Å². The normalized spacial score (nSPS) is 10.5. The molecular weight excluding hydrogens is 534 g/mol. The summed E-state index contributed by atoms with van der Waals surface area (Å²) in [7, 11) is 0. The highest BCUT2D eigenvalue weighted by molar-refractivity contribution is 9.10. The predicted octanol–water partition coefficient (Wildman–Crippen LogP) is 4.89. The van der Waals surface area contributed by atoms with Crippen molar-refractivity contribution >= 4 is 61.0 Å². The summed E-state index contributed by atoms with van der Waals surface area (Å²) in [4.78, 5) is 24.6. The van der Waals surface area contributed by atoms with Crippen molar-refractivity contribution in [1.82, 2.24) is 16.2 Å². The van der Waals surface area contributed by atoms with Crippen LogP contribution < -0.4 is 20.9 Å². The van der Waals surface area contributed by atoms with Gasteiger partial charge in [-0.15, -0.1) is 0 Å². The molecule has 0 aliphatic heterocycles. The van der Waals surface area contributed by atoms with Crippen molar-refractivity contribution in [3.8, 4) is 5.75 Å². The number of thiocarbonyl (C=S) groups is 1. The molecule has 0 unspecified atom stereocenters. The van der Waals surface area contributed by atoms with Gasteiger partial charge in [-0.2, -0.15) is 0 Å². The molecule has 0 radical (unpaired) electrons. The van der Waals surface area contributed by atoms with Gasteiger partial charge in [0.05, 0.1) is 11.1 Å². The van der Waals surface area contributed by atoms with Gasteiger partial charge in [0.15, 0.2) is 5.11 Å². The first-order valence-corrected chi connectivity index (χ1v) is 11.3. The molecule has 0 aromatic heterocycles. The highest BCUT2D eigenvalue weighted by atomic mass is 79.9. The molecule has 0 bridgehead atoms. The second-order valence-electron chi connectivity index (χ2n) is 7.00. The van der Waals surface area contributed by atoms with E-state index in [0.29, 0.717) is 33.9 Å². The van der Waals surface area contributed by atoms with E-state index in [1.165, 1.54) is 0 Å². The quantitative estimate of drug-likeness (QED) is 0.348. The number of ether oxygens (including phenoxy) is 1. The molecule has 0 heterocycles. The molecule has 0 fully saturated rings. The number of amides is 2. The van der Waals surface area contributed by atoms with E-state index in [-0.39, 0.29) is 11.0 Å². The van der Waals surface area contributed by atoms with Gasteiger partial charge in [-0.3, -0.25) is 25.8 Å². The Kier molecular flexibility index (Phi) is 9.26. The topological polar surface area (TPSA) is 79.5 Å². The average Bonchev–Trinajstić information content (AvgIpc) is 2.69. The van der Waals surface area contributed by atoms with Crippen molar-refractivity contribution in [3.05, 3.63) is 62.0 Å². The third-order valence-electron chi connectivity index (χ3n) is 4.10. The molecular formula is C21H23Br2N3O3S. The Labute approximate surface area is 198 Å². The van der Waals surface area contributed by atoms with Gasteiger partial charge < -0.3 is 4.74 Å². The lowest BCUT2D eigenvalue weighted by atomic mass is 10.1. The van der Waals surface area contributed by atoms with Crippen LogP contribution in [0.5, 0.6) is 5.75 Å². The molecule has 0 aliphatic carbocycles. The molecule has 160 valence electrons. The van der Waals surface area contributed by atoms with Gasteiger partial charge in [0.25, 0.3) is 11.8 Å². The summed E-state index contributed by atoms with van der Waals surface area (Å²) >= 11 is 11.9. The largest absolute Gasteiger partial charge is 0.492 e. The molecule has 2 amide bonds. The Morgan fingerprint density at radius 3 is 2.27 bits per heavy atom. The summed E-state index contributed by atoms with van der Waals surface area (Å²) in [6.07, 6.45) is 0.944. The van der Waals surface area contributed by atoms with E-state index in [1.54, 1.807) is 30.3 Å². The van der Waals surface area contributed by atoms with Crippen molar-refractivity contribution in [2.45, 2.75) is 27.2 Å². The summed E-state index contributed by atoms with van der Waals surface area (Å²) in [6, 6.07) is 10.3. The number of rotatable bonds is 6. The molecule has 0 saturated heterocycles.